The average molecular weight is 339 g/mol. The molecule has 24 heavy (non-hydrogen) atoms. The summed E-state index contributed by atoms with van der Waals surface area (Å²) in [5.74, 6) is 0.0416. The summed E-state index contributed by atoms with van der Waals surface area (Å²) < 4.78 is 42.9. The molecule has 0 aliphatic rings. The van der Waals surface area contributed by atoms with Crippen LogP contribution in [-0.2, 0) is 12.7 Å². The molecule has 0 aliphatic carbocycles. The summed E-state index contributed by atoms with van der Waals surface area (Å²) in [6.07, 6.45) is -4.43. The summed E-state index contributed by atoms with van der Waals surface area (Å²) in [6.45, 7) is 0.150. The van der Waals surface area contributed by atoms with E-state index in [2.05, 4.69) is 5.32 Å². The Balaban J connectivity index is 2.01. The average Bonchev–Trinajstić information content (AvgIpc) is 2.58. The minimum atomic E-state index is -4.43. The maximum absolute atomic E-state index is 12.5. The molecule has 7 heteroatoms. The normalized spacial score (nSPS) is 11.2. The second-order valence-corrected chi connectivity index (χ2v) is 4.94. The Morgan fingerprint density at radius 1 is 1.08 bits per heavy atom. The SMILES string of the molecule is O=C(NCc1ccccc1OCCO)c1ccc(C(F)(F)F)cc1. The second kappa shape index (κ2) is 7.83. The highest BCUT2D eigenvalue weighted by Gasteiger charge is 2.30. The number of para-hydroxylation sites is 1. The van der Waals surface area contributed by atoms with E-state index in [0.717, 1.165) is 24.3 Å². The quantitative estimate of drug-likeness (QED) is 0.851. The van der Waals surface area contributed by atoms with E-state index >= 15 is 0 Å². The minimum absolute atomic E-state index is 0.129. The first-order valence-electron chi connectivity index (χ1n) is 7.19. The zero-order valence-electron chi connectivity index (χ0n) is 12.6. The van der Waals surface area contributed by atoms with Gasteiger partial charge in [0.15, 0.2) is 0 Å². The van der Waals surface area contributed by atoms with Gasteiger partial charge in [-0.05, 0) is 30.3 Å². The van der Waals surface area contributed by atoms with Gasteiger partial charge in [-0.15, -0.1) is 0 Å². The van der Waals surface area contributed by atoms with E-state index in [-0.39, 0.29) is 25.3 Å². The molecule has 0 aromatic heterocycles. The highest BCUT2D eigenvalue weighted by molar-refractivity contribution is 5.94. The predicted molar refractivity (Wildman–Crippen MR) is 81.6 cm³/mol. The van der Waals surface area contributed by atoms with Crippen molar-refractivity contribution in [1.29, 1.82) is 0 Å². The van der Waals surface area contributed by atoms with Gasteiger partial charge in [0.2, 0.25) is 0 Å². The maximum Gasteiger partial charge on any atom is 0.416 e. The van der Waals surface area contributed by atoms with Gasteiger partial charge in [0.1, 0.15) is 12.4 Å². The van der Waals surface area contributed by atoms with Crippen molar-refractivity contribution in [1.82, 2.24) is 5.32 Å². The van der Waals surface area contributed by atoms with Gasteiger partial charge < -0.3 is 15.2 Å². The molecule has 2 N–H and O–H groups in total. The number of aliphatic hydroxyl groups excluding tert-OH is 1. The number of rotatable bonds is 6. The predicted octanol–water partition coefficient (Wildman–Crippen LogP) is 3.01. The Bertz CT molecular complexity index is 684. The van der Waals surface area contributed by atoms with Crippen molar-refractivity contribution in [3.8, 4) is 5.75 Å². The first kappa shape index (κ1) is 17.8. The van der Waals surface area contributed by atoms with Gasteiger partial charge in [-0.25, -0.2) is 0 Å². The van der Waals surface area contributed by atoms with Gasteiger partial charge in [0.25, 0.3) is 5.91 Å². The van der Waals surface area contributed by atoms with Gasteiger partial charge >= 0.3 is 6.18 Å². The number of carbonyl (C=O) groups is 1. The Labute approximate surface area is 136 Å². The molecule has 2 aromatic carbocycles. The van der Waals surface area contributed by atoms with Crippen LogP contribution >= 0.6 is 0 Å². The largest absolute Gasteiger partial charge is 0.491 e. The van der Waals surface area contributed by atoms with Crippen molar-refractivity contribution in [3.63, 3.8) is 0 Å². The fraction of sp³-hybridized carbons (Fsp3) is 0.235. The fourth-order valence-corrected chi connectivity index (χ4v) is 2.03. The first-order valence-corrected chi connectivity index (χ1v) is 7.19. The highest BCUT2D eigenvalue weighted by atomic mass is 19.4. The number of amides is 1. The third kappa shape index (κ3) is 4.73. The van der Waals surface area contributed by atoms with Crippen LogP contribution in [0, 0.1) is 0 Å². The molecular weight excluding hydrogens is 323 g/mol. The van der Waals surface area contributed by atoms with E-state index < -0.39 is 17.6 Å². The van der Waals surface area contributed by atoms with Crippen LogP contribution in [0.3, 0.4) is 0 Å². The van der Waals surface area contributed by atoms with Crippen molar-refractivity contribution in [2.45, 2.75) is 12.7 Å². The van der Waals surface area contributed by atoms with E-state index in [1.54, 1.807) is 24.3 Å². The lowest BCUT2D eigenvalue weighted by Gasteiger charge is -2.12. The summed E-state index contributed by atoms with van der Waals surface area (Å²) in [5, 5.41) is 11.4. The number of nitrogens with one attached hydrogen (secondary N) is 1. The topological polar surface area (TPSA) is 58.6 Å². The summed E-state index contributed by atoms with van der Waals surface area (Å²) >= 11 is 0. The lowest BCUT2D eigenvalue weighted by atomic mass is 10.1. The second-order valence-electron chi connectivity index (χ2n) is 4.94. The third-order valence-corrected chi connectivity index (χ3v) is 3.24. The zero-order valence-corrected chi connectivity index (χ0v) is 12.6. The van der Waals surface area contributed by atoms with E-state index in [1.807, 2.05) is 0 Å². The molecule has 0 heterocycles. The molecule has 0 saturated heterocycles. The van der Waals surface area contributed by atoms with E-state index in [4.69, 9.17) is 9.84 Å². The number of hydrogen-bond acceptors (Lipinski definition) is 3. The summed E-state index contributed by atoms with van der Waals surface area (Å²) in [4.78, 5) is 12.0. The Kier molecular flexibility index (Phi) is 5.81. The molecule has 0 atom stereocenters. The van der Waals surface area contributed by atoms with Crippen molar-refractivity contribution < 1.29 is 27.8 Å². The van der Waals surface area contributed by atoms with Crippen LogP contribution in [0.1, 0.15) is 21.5 Å². The molecule has 0 fully saturated rings. The van der Waals surface area contributed by atoms with Crippen molar-refractivity contribution >= 4 is 5.91 Å². The van der Waals surface area contributed by atoms with Gasteiger partial charge in [-0.1, -0.05) is 18.2 Å². The van der Waals surface area contributed by atoms with E-state index in [1.165, 1.54) is 0 Å². The Hall–Kier alpha value is -2.54. The van der Waals surface area contributed by atoms with Crippen molar-refractivity contribution in [3.05, 3.63) is 65.2 Å². The molecule has 0 bridgehead atoms. The standard InChI is InChI=1S/C17H16F3NO3/c18-17(19,20)14-7-5-12(6-8-14)16(23)21-11-13-3-1-2-4-15(13)24-10-9-22/h1-8,22H,9-11H2,(H,21,23). The lowest BCUT2D eigenvalue weighted by Crippen LogP contribution is -2.23. The number of carbonyl (C=O) groups excluding carboxylic acids is 1. The van der Waals surface area contributed by atoms with Crippen molar-refractivity contribution in [2.24, 2.45) is 0 Å². The molecule has 1 amide bonds. The molecule has 0 radical (unpaired) electrons. The Morgan fingerprint density at radius 2 is 1.75 bits per heavy atom. The van der Waals surface area contributed by atoms with Crippen LogP contribution in [0.2, 0.25) is 0 Å². The highest BCUT2D eigenvalue weighted by Crippen LogP contribution is 2.29. The number of benzene rings is 2. The van der Waals surface area contributed by atoms with Gasteiger partial charge in [0.05, 0.1) is 12.2 Å². The maximum atomic E-state index is 12.5. The van der Waals surface area contributed by atoms with Crippen molar-refractivity contribution in [2.75, 3.05) is 13.2 Å². The molecule has 0 aliphatic heterocycles. The number of ether oxygens (including phenoxy) is 1. The molecule has 2 rings (SSSR count). The molecular formula is C17H16F3NO3. The molecule has 128 valence electrons. The van der Waals surface area contributed by atoms with Crippen LogP contribution < -0.4 is 10.1 Å². The summed E-state index contributed by atoms with van der Waals surface area (Å²) in [7, 11) is 0. The molecule has 2 aromatic rings. The fourth-order valence-electron chi connectivity index (χ4n) is 2.03. The van der Waals surface area contributed by atoms with Crippen LogP contribution in [0.25, 0.3) is 0 Å². The third-order valence-electron chi connectivity index (χ3n) is 3.24. The zero-order chi connectivity index (χ0) is 17.6. The number of halogens is 3. The smallest absolute Gasteiger partial charge is 0.416 e. The minimum Gasteiger partial charge on any atom is -0.491 e. The number of aliphatic hydroxyl groups is 1. The van der Waals surface area contributed by atoms with Gasteiger partial charge in [0, 0.05) is 17.7 Å². The van der Waals surface area contributed by atoms with Crippen LogP contribution in [-0.4, -0.2) is 24.2 Å². The molecule has 4 nitrogen and oxygen atoms in total. The monoisotopic (exact) mass is 339 g/mol. The van der Waals surface area contributed by atoms with E-state index in [9.17, 15) is 18.0 Å². The van der Waals surface area contributed by atoms with E-state index in [0.29, 0.717) is 11.3 Å². The molecule has 0 unspecified atom stereocenters. The first-order chi connectivity index (χ1) is 11.4. The number of alkyl halides is 3. The van der Waals surface area contributed by atoms with Crippen LogP contribution in [0.5, 0.6) is 5.75 Å². The lowest BCUT2D eigenvalue weighted by molar-refractivity contribution is -0.137. The van der Waals surface area contributed by atoms with Gasteiger partial charge in [-0.3, -0.25) is 4.79 Å². The molecule has 0 saturated carbocycles. The Morgan fingerprint density at radius 3 is 2.38 bits per heavy atom. The van der Waals surface area contributed by atoms with Crippen LogP contribution in [0.4, 0.5) is 13.2 Å². The molecule has 0 spiro atoms. The van der Waals surface area contributed by atoms with Gasteiger partial charge in [-0.2, -0.15) is 13.2 Å². The summed E-state index contributed by atoms with van der Waals surface area (Å²) in [6, 6.07) is 11.0. The van der Waals surface area contributed by atoms with Crippen LogP contribution in [0.15, 0.2) is 48.5 Å². The number of hydrogen-bond donors (Lipinski definition) is 2. The summed E-state index contributed by atoms with van der Waals surface area (Å²) in [5.41, 5.74) is 0.0322.